The van der Waals surface area contributed by atoms with Crippen molar-refractivity contribution >= 4 is 23.9 Å². The summed E-state index contributed by atoms with van der Waals surface area (Å²) < 4.78 is 10.4. The van der Waals surface area contributed by atoms with E-state index in [1.165, 1.54) is 11.0 Å². The number of amides is 3. The van der Waals surface area contributed by atoms with Crippen LogP contribution >= 0.6 is 0 Å². The van der Waals surface area contributed by atoms with Gasteiger partial charge >= 0.3 is 12.1 Å². The predicted octanol–water partition coefficient (Wildman–Crippen LogP) is 4.46. The van der Waals surface area contributed by atoms with E-state index in [1.54, 1.807) is 45.9 Å². The fraction of sp³-hybridized carbons (Fsp3) is 0.655. The molecule has 10 nitrogen and oxygen atoms in total. The Labute approximate surface area is 232 Å². The zero-order valence-electron chi connectivity index (χ0n) is 24.9. The lowest BCUT2D eigenvalue weighted by molar-refractivity contribution is -0.150. The molecule has 0 aromatic heterocycles. The van der Waals surface area contributed by atoms with E-state index in [1.807, 2.05) is 34.6 Å². The summed E-state index contributed by atoms with van der Waals surface area (Å²) in [6.45, 7) is 16.5. The molecule has 2 atom stereocenters. The number of esters is 1. The number of nitrogens with one attached hydrogen (secondary N) is 2. The number of para-hydroxylation sites is 1. The van der Waals surface area contributed by atoms with E-state index in [2.05, 4.69) is 10.6 Å². The molecular weight excluding hydrogens is 502 g/mol. The number of phenolic OH excluding ortho intramolecular Hbond substituents is 1. The van der Waals surface area contributed by atoms with Gasteiger partial charge in [0.2, 0.25) is 11.8 Å². The fourth-order valence-electron chi connectivity index (χ4n) is 3.99. The molecule has 0 aliphatic carbocycles. The first-order chi connectivity index (χ1) is 18.0. The average molecular weight is 550 g/mol. The lowest BCUT2D eigenvalue weighted by atomic mass is 9.90. The molecule has 0 bridgehead atoms. The van der Waals surface area contributed by atoms with Crippen LogP contribution in [-0.4, -0.2) is 64.2 Å². The Kier molecular flexibility index (Phi) is 12.8. The van der Waals surface area contributed by atoms with Crippen molar-refractivity contribution in [3.8, 4) is 5.75 Å². The number of rotatable bonds is 13. The van der Waals surface area contributed by atoms with Gasteiger partial charge in [-0.1, -0.05) is 39.0 Å². The van der Waals surface area contributed by atoms with Crippen LogP contribution in [0.15, 0.2) is 24.3 Å². The highest BCUT2D eigenvalue weighted by Gasteiger charge is 2.44. The van der Waals surface area contributed by atoms with Gasteiger partial charge in [-0.3, -0.25) is 14.4 Å². The number of nitrogens with zero attached hydrogens (tertiary/aromatic N) is 1. The van der Waals surface area contributed by atoms with Crippen molar-refractivity contribution in [1.82, 2.24) is 15.5 Å². The van der Waals surface area contributed by atoms with E-state index in [4.69, 9.17) is 9.47 Å². The van der Waals surface area contributed by atoms with Crippen molar-refractivity contribution in [2.75, 3.05) is 13.2 Å². The van der Waals surface area contributed by atoms with Crippen LogP contribution in [0, 0.1) is 5.92 Å². The zero-order chi connectivity index (χ0) is 30.0. The predicted molar refractivity (Wildman–Crippen MR) is 149 cm³/mol. The van der Waals surface area contributed by atoms with E-state index in [0.717, 1.165) is 0 Å². The van der Waals surface area contributed by atoms with E-state index < -0.39 is 47.1 Å². The van der Waals surface area contributed by atoms with Gasteiger partial charge < -0.3 is 30.1 Å². The van der Waals surface area contributed by atoms with E-state index >= 15 is 0 Å². The molecule has 2 unspecified atom stereocenters. The lowest BCUT2D eigenvalue weighted by Gasteiger charge is -2.44. The second kappa shape index (κ2) is 14.7. The van der Waals surface area contributed by atoms with Gasteiger partial charge in [-0.2, -0.15) is 0 Å². The van der Waals surface area contributed by atoms with Gasteiger partial charge in [0.05, 0.1) is 13.0 Å². The Bertz CT molecular complexity index is 985. The Morgan fingerprint density at radius 2 is 1.64 bits per heavy atom. The SMILES string of the molecule is CCOC(=O)CCNC(=O)C(c1ccccc1O)N(C(=O)C(CC(C)C)NC(=O)OC(C)(C)C)C(C)(C)CC. The minimum Gasteiger partial charge on any atom is -0.508 e. The van der Waals surface area contributed by atoms with E-state index in [-0.39, 0.29) is 36.8 Å². The van der Waals surface area contributed by atoms with Crippen molar-refractivity contribution in [2.24, 2.45) is 5.92 Å². The van der Waals surface area contributed by atoms with Crippen LogP contribution in [0.5, 0.6) is 5.75 Å². The molecule has 39 heavy (non-hydrogen) atoms. The quantitative estimate of drug-likeness (QED) is 0.309. The van der Waals surface area contributed by atoms with Crippen molar-refractivity contribution in [1.29, 1.82) is 0 Å². The summed E-state index contributed by atoms with van der Waals surface area (Å²) in [6, 6.07) is 4.07. The molecule has 1 aromatic rings. The summed E-state index contributed by atoms with van der Waals surface area (Å²) in [4.78, 5) is 54.0. The smallest absolute Gasteiger partial charge is 0.408 e. The van der Waals surface area contributed by atoms with Crippen LogP contribution in [0.25, 0.3) is 0 Å². The molecule has 0 spiro atoms. The number of aromatic hydroxyl groups is 1. The molecule has 3 amide bonds. The Morgan fingerprint density at radius 3 is 2.15 bits per heavy atom. The Morgan fingerprint density at radius 1 is 1.03 bits per heavy atom. The maximum Gasteiger partial charge on any atom is 0.408 e. The molecule has 0 radical (unpaired) electrons. The topological polar surface area (TPSA) is 134 Å². The van der Waals surface area contributed by atoms with Crippen LogP contribution < -0.4 is 10.6 Å². The summed E-state index contributed by atoms with van der Waals surface area (Å²) >= 11 is 0. The molecule has 0 saturated heterocycles. The fourth-order valence-corrected chi connectivity index (χ4v) is 3.99. The summed E-state index contributed by atoms with van der Waals surface area (Å²) in [5.41, 5.74) is -1.41. The molecular formula is C29H47N3O7. The third-order valence-corrected chi connectivity index (χ3v) is 6.12. The van der Waals surface area contributed by atoms with Crippen LogP contribution in [0.3, 0.4) is 0 Å². The van der Waals surface area contributed by atoms with Crippen molar-refractivity contribution in [3.63, 3.8) is 0 Å². The van der Waals surface area contributed by atoms with E-state index in [9.17, 15) is 24.3 Å². The van der Waals surface area contributed by atoms with Gasteiger partial charge in [0.15, 0.2) is 0 Å². The molecule has 1 aromatic carbocycles. The minimum absolute atomic E-state index is 0.0120. The normalized spacial score (nSPS) is 13.3. The third kappa shape index (κ3) is 10.8. The maximum atomic E-state index is 14.3. The number of carbonyl (C=O) groups excluding carboxylic acids is 4. The largest absolute Gasteiger partial charge is 0.508 e. The van der Waals surface area contributed by atoms with Crippen molar-refractivity contribution in [3.05, 3.63) is 29.8 Å². The van der Waals surface area contributed by atoms with Crippen LogP contribution in [-0.2, 0) is 23.9 Å². The number of hydrogen-bond acceptors (Lipinski definition) is 7. The van der Waals surface area contributed by atoms with Gasteiger partial charge in [-0.05, 0) is 66.4 Å². The van der Waals surface area contributed by atoms with Gasteiger partial charge in [0.1, 0.15) is 23.4 Å². The summed E-state index contributed by atoms with van der Waals surface area (Å²) in [6.07, 6.45) is -0.0192. The van der Waals surface area contributed by atoms with Gasteiger partial charge in [0, 0.05) is 17.6 Å². The first-order valence-electron chi connectivity index (χ1n) is 13.6. The molecule has 0 heterocycles. The molecule has 220 valence electrons. The number of hydrogen-bond donors (Lipinski definition) is 3. The van der Waals surface area contributed by atoms with Gasteiger partial charge in [-0.25, -0.2) is 4.79 Å². The molecule has 10 heteroatoms. The van der Waals surface area contributed by atoms with Crippen LogP contribution in [0.2, 0.25) is 0 Å². The zero-order valence-corrected chi connectivity index (χ0v) is 24.9. The number of phenols is 1. The average Bonchev–Trinajstić information content (AvgIpc) is 2.80. The molecule has 0 aliphatic heterocycles. The molecule has 0 aliphatic rings. The van der Waals surface area contributed by atoms with Gasteiger partial charge in [-0.15, -0.1) is 0 Å². The van der Waals surface area contributed by atoms with Crippen molar-refractivity contribution < 1.29 is 33.8 Å². The van der Waals surface area contributed by atoms with Crippen molar-refractivity contribution in [2.45, 2.75) is 105 Å². The second-order valence-corrected chi connectivity index (χ2v) is 11.5. The minimum atomic E-state index is -1.24. The summed E-state index contributed by atoms with van der Waals surface area (Å²) in [5, 5.41) is 16.2. The Balaban J connectivity index is 3.57. The third-order valence-electron chi connectivity index (χ3n) is 6.12. The highest BCUT2D eigenvalue weighted by molar-refractivity contribution is 5.93. The van der Waals surface area contributed by atoms with E-state index in [0.29, 0.717) is 12.8 Å². The molecule has 3 N–H and O–H groups in total. The Hall–Kier alpha value is -3.30. The highest BCUT2D eigenvalue weighted by atomic mass is 16.6. The monoisotopic (exact) mass is 549 g/mol. The maximum absolute atomic E-state index is 14.3. The molecule has 0 saturated carbocycles. The summed E-state index contributed by atoms with van der Waals surface area (Å²) in [7, 11) is 0. The molecule has 0 fully saturated rings. The number of carbonyl (C=O) groups is 4. The highest BCUT2D eigenvalue weighted by Crippen LogP contribution is 2.36. The second-order valence-electron chi connectivity index (χ2n) is 11.5. The number of alkyl carbamates (subject to hydrolysis) is 1. The summed E-state index contributed by atoms with van der Waals surface area (Å²) in [5.74, 6) is -1.65. The standard InChI is InChI=1S/C29H47N3O7/c1-10-29(8,9)32(26(36)21(18-19(3)4)31-27(37)39-28(5,6)7)24(20-14-12-13-15-22(20)33)25(35)30-17-16-23(34)38-11-2/h12-15,19,21,24,33H,10-11,16-18H2,1-9H3,(H,30,35)(H,31,37). The number of ether oxygens (including phenoxy) is 2. The van der Waals surface area contributed by atoms with Gasteiger partial charge in [0.25, 0.3) is 0 Å². The number of benzene rings is 1. The van der Waals surface area contributed by atoms with Crippen LogP contribution in [0.1, 0.15) is 93.2 Å². The molecule has 1 rings (SSSR count). The first kappa shape index (κ1) is 33.7. The van der Waals surface area contributed by atoms with Crippen LogP contribution in [0.4, 0.5) is 4.79 Å². The lowest BCUT2D eigenvalue weighted by Crippen LogP contribution is -2.59. The first-order valence-corrected chi connectivity index (χ1v) is 13.6.